The topological polar surface area (TPSA) is 38.6 Å². The fraction of sp³-hybridized carbons (Fsp3) is 0.214. The van der Waals surface area contributed by atoms with Crippen molar-refractivity contribution in [2.45, 2.75) is 13.5 Å². The molecule has 4 nitrogen and oxygen atoms in total. The van der Waals surface area contributed by atoms with E-state index in [9.17, 15) is 0 Å². The van der Waals surface area contributed by atoms with Crippen LogP contribution in [0.2, 0.25) is 0 Å². The fourth-order valence-corrected chi connectivity index (χ4v) is 3.20. The van der Waals surface area contributed by atoms with E-state index in [2.05, 4.69) is 49.7 Å². The van der Waals surface area contributed by atoms with Crippen LogP contribution in [0, 0.1) is 6.92 Å². The van der Waals surface area contributed by atoms with Crippen molar-refractivity contribution in [3.8, 4) is 5.88 Å². The van der Waals surface area contributed by atoms with Crippen LogP contribution in [-0.2, 0) is 6.54 Å². The van der Waals surface area contributed by atoms with Gasteiger partial charge < -0.3 is 10.1 Å². The lowest BCUT2D eigenvalue weighted by Gasteiger charge is -2.10. The molecule has 0 aliphatic carbocycles. The van der Waals surface area contributed by atoms with E-state index in [1.54, 1.807) is 18.4 Å². The Hall–Kier alpha value is -1.53. The summed E-state index contributed by atoms with van der Waals surface area (Å²) in [7, 11) is 1.65. The minimum atomic E-state index is 0.656. The highest BCUT2D eigenvalue weighted by atomic mass is 79.9. The molecule has 104 valence electrons. The fourth-order valence-electron chi connectivity index (χ4n) is 2.09. The largest absolute Gasteiger partial charge is 0.480 e. The van der Waals surface area contributed by atoms with E-state index in [1.807, 2.05) is 17.6 Å². The summed E-state index contributed by atoms with van der Waals surface area (Å²) < 4.78 is 8.46. The van der Waals surface area contributed by atoms with Gasteiger partial charge in [-0.15, -0.1) is 11.3 Å². The lowest BCUT2D eigenvalue weighted by atomic mass is 10.2. The highest BCUT2D eigenvalue weighted by Crippen LogP contribution is 2.27. The number of methoxy groups -OCH3 is 1. The second-order valence-corrected chi connectivity index (χ2v) is 6.19. The molecule has 2 aromatic heterocycles. The SMILES string of the molecule is COc1nc2sccn2c1CNc1cc(C)ccc1Br. The molecule has 2 heterocycles. The Kier molecular flexibility index (Phi) is 3.67. The molecule has 0 saturated carbocycles. The number of nitrogens with one attached hydrogen (secondary N) is 1. The highest BCUT2D eigenvalue weighted by Gasteiger charge is 2.13. The standard InChI is InChI=1S/C14H14BrN3OS/c1-9-3-4-10(15)11(7-9)16-8-12-13(19-2)17-14-18(12)5-6-20-14/h3-7,16H,8H2,1-2H3. The Labute approximate surface area is 129 Å². The zero-order valence-corrected chi connectivity index (χ0v) is 13.6. The molecule has 0 saturated heterocycles. The zero-order chi connectivity index (χ0) is 14.1. The first-order chi connectivity index (χ1) is 9.69. The third-order valence-electron chi connectivity index (χ3n) is 3.09. The van der Waals surface area contributed by atoms with Crippen molar-refractivity contribution in [3.63, 3.8) is 0 Å². The summed E-state index contributed by atoms with van der Waals surface area (Å²) in [6.07, 6.45) is 2.01. The second-order valence-electron chi connectivity index (χ2n) is 4.46. The first kappa shape index (κ1) is 13.5. The van der Waals surface area contributed by atoms with Crippen LogP contribution in [0.25, 0.3) is 4.96 Å². The van der Waals surface area contributed by atoms with E-state index >= 15 is 0 Å². The van der Waals surface area contributed by atoms with Crippen molar-refractivity contribution in [1.82, 2.24) is 9.38 Å². The molecule has 0 spiro atoms. The molecule has 1 N–H and O–H groups in total. The number of fused-ring (bicyclic) bond motifs is 1. The highest BCUT2D eigenvalue weighted by molar-refractivity contribution is 9.10. The lowest BCUT2D eigenvalue weighted by molar-refractivity contribution is 0.395. The smallest absolute Gasteiger partial charge is 0.238 e. The van der Waals surface area contributed by atoms with Crippen molar-refractivity contribution in [2.75, 3.05) is 12.4 Å². The van der Waals surface area contributed by atoms with Gasteiger partial charge in [0.2, 0.25) is 5.88 Å². The molecule has 0 atom stereocenters. The summed E-state index contributed by atoms with van der Waals surface area (Å²) in [6, 6.07) is 6.24. The van der Waals surface area contributed by atoms with Gasteiger partial charge in [-0.1, -0.05) is 6.07 Å². The Bertz CT molecular complexity index is 750. The van der Waals surface area contributed by atoms with Gasteiger partial charge in [-0.2, -0.15) is 4.98 Å². The van der Waals surface area contributed by atoms with Crippen LogP contribution in [0.4, 0.5) is 5.69 Å². The number of hydrogen-bond acceptors (Lipinski definition) is 4. The van der Waals surface area contributed by atoms with Gasteiger partial charge in [0.25, 0.3) is 0 Å². The van der Waals surface area contributed by atoms with Gasteiger partial charge in [-0.25, -0.2) is 0 Å². The van der Waals surface area contributed by atoms with Crippen LogP contribution in [0.3, 0.4) is 0 Å². The van der Waals surface area contributed by atoms with Crippen LogP contribution in [-0.4, -0.2) is 16.5 Å². The number of ether oxygens (including phenoxy) is 1. The van der Waals surface area contributed by atoms with Crippen molar-refractivity contribution >= 4 is 37.9 Å². The molecule has 0 aliphatic heterocycles. The van der Waals surface area contributed by atoms with Crippen molar-refractivity contribution in [3.05, 3.63) is 45.5 Å². The van der Waals surface area contributed by atoms with Crippen LogP contribution < -0.4 is 10.1 Å². The Morgan fingerprint density at radius 2 is 2.30 bits per heavy atom. The summed E-state index contributed by atoms with van der Waals surface area (Å²) in [6.45, 7) is 2.73. The van der Waals surface area contributed by atoms with E-state index in [0.29, 0.717) is 12.4 Å². The number of imidazole rings is 1. The molecule has 3 aromatic rings. The summed E-state index contributed by atoms with van der Waals surface area (Å²) >= 11 is 5.16. The number of halogens is 1. The number of thiazole rings is 1. The lowest BCUT2D eigenvalue weighted by Crippen LogP contribution is -2.04. The number of aromatic nitrogens is 2. The molecule has 0 bridgehead atoms. The van der Waals surface area contributed by atoms with Gasteiger partial charge in [0.05, 0.1) is 13.7 Å². The van der Waals surface area contributed by atoms with Crippen molar-refractivity contribution in [2.24, 2.45) is 0 Å². The number of aryl methyl sites for hydroxylation is 1. The molecule has 20 heavy (non-hydrogen) atoms. The zero-order valence-electron chi connectivity index (χ0n) is 11.2. The van der Waals surface area contributed by atoms with Crippen LogP contribution in [0.15, 0.2) is 34.2 Å². The third-order valence-corrected chi connectivity index (χ3v) is 4.53. The average Bonchev–Trinajstić information content (AvgIpc) is 3.00. The molecule has 0 unspecified atom stereocenters. The molecular formula is C14H14BrN3OS. The molecule has 0 aliphatic rings. The monoisotopic (exact) mass is 351 g/mol. The second kappa shape index (κ2) is 5.46. The number of hydrogen-bond donors (Lipinski definition) is 1. The predicted molar refractivity (Wildman–Crippen MR) is 85.8 cm³/mol. The van der Waals surface area contributed by atoms with E-state index in [1.165, 1.54) is 5.56 Å². The minimum Gasteiger partial charge on any atom is -0.480 e. The first-order valence-corrected chi connectivity index (χ1v) is 7.84. The normalized spacial score (nSPS) is 10.9. The van der Waals surface area contributed by atoms with Gasteiger partial charge in [0.15, 0.2) is 4.96 Å². The summed E-state index contributed by atoms with van der Waals surface area (Å²) in [4.78, 5) is 5.40. The first-order valence-electron chi connectivity index (χ1n) is 6.17. The Morgan fingerprint density at radius 1 is 1.45 bits per heavy atom. The Morgan fingerprint density at radius 3 is 3.10 bits per heavy atom. The van der Waals surface area contributed by atoms with E-state index in [4.69, 9.17) is 4.74 Å². The van der Waals surface area contributed by atoms with Crippen LogP contribution >= 0.6 is 27.3 Å². The molecular weight excluding hydrogens is 338 g/mol. The Balaban J connectivity index is 1.89. The van der Waals surface area contributed by atoms with Gasteiger partial charge in [0.1, 0.15) is 5.69 Å². The molecule has 6 heteroatoms. The predicted octanol–water partition coefficient (Wildman–Crippen LogP) is 4.09. The van der Waals surface area contributed by atoms with Gasteiger partial charge >= 0.3 is 0 Å². The van der Waals surface area contributed by atoms with Gasteiger partial charge in [0, 0.05) is 21.7 Å². The molecule has 0 radical (unpaired) electrons. The minimum absolute atomic E-state index is 0.656. The maximum absolute atomic E-state index is 5.35. The van der Waals surface area contributed by atoms with Gasteiger partial charge in [-0.05, 0) is 40.5 Å². The number of anilines is 1. The molecule has 1 aromatic carbocycles. The maximum Gasteiger partial charge on any atom is 0.238 e. The quantitative estimate of drug-likeness (QED) is 0.769. The molecule has 0 fully saturated rings. The average molecular weight is 352 g/mol. The summed E-state index contributed by atoms with van der Waals surface area (Å²) in [5.41, 5.74) is 3.31. The van der Waals surface area contributed by atoms with E-state index in [-0.39, 0.29) is 0 Å². The maximum atomic E-state index is 5.35. The molecule has 3 rings (SSSR count). The summed E-state index contributed by atoms with van der Waals surface area (Å²) in [5, 5.41) is 5.45. The number of nitrogens with zero attached hydrogens (tertiary/aromatic N) is 2. The van der Waals surface area contributed by atoms with E-state index < -0.39 is 0 Å². The summed E-state index contributed by atoms with van der Waals surface area (Å²) in [5.74, 6) is 0.674. The van der Waals surface area contributed by atoms with Crippen LogP contribution in [0.1, 0.15) is 11.3 Å². The van der Waals surface area contributed by atoms with Crippen molar-refractivity contribution in [1.29, 1.82) is 0 Å². The van der Waals surface area contributed by atoms with E-state index in [0.717, 1.165) is 20.8 Å². The van der Waals surface area contributed by atoms with Gasteiger partial charge in [-0.3, -0.25) is 4.40 Å². The number of rotatable bonds is 4. The van der Waals surface area contributed by atoms with Crippen LogP contribution in [0.5, 0.6) is 5.88 Å². The number of benzene rings is 1. The third kappa shape index (κ3) is 2.41. The molecule has 0 amide bonds. The van der Waals surface area contributed by atoms with Crippen molar-refractivity contribution < 1.29 is 4.74 Å².